The van der Waals surface area contributed by atoms with E-state index in [-0.39, 0.29) is 34.8 Å². The summed E-state index contributed by atoms with van der Waals surface area (Å²) in [5, 5.41) is 2.74. The van der Waals surface area contributed by atoms with Crippen LogP contribution < -0.4 is 10.9 Å². The van der Waals surface area contributed by atoms with E-state index in [1.165, 1.54) is 24.3 Å². The summed E-state index contributed by atoms with van der Waals surface area (Å²) in [6, 6.07) is 5.56. The van der Waals surface area contributed by atoms with Crippen molar-refractivity contribution in [2.75, 3.05) is 6.54 Å². The van der Waals surface area contributed by atoms with Crippen molar-refractivity contribution in [2.24, 2.45) is 5.92 Å². The molecule has 1 aromatic carbocycles. The molecule has 2 heterocycles. The normalized spacial score (nSPS) is 17.7. The average molecular weight is 446 g/mol. The molecule has 1 aromatic heterocycles. The lowest BCUT2D eigenvalue weighted by Crippen LogP contribution is -2.34. The maximum Gasteiger partial charge on any atom is 0.272 e. The molecular weight excluding hydrogens is 421 g/mol. The predicted molar refractivity (Wildman–Crippen MR) is 116 cm³/mol. The van der Waals surface area contributed by atoms with Crippen molar-refractivity contribution in [3.8, 4) is 0 Å². The van der Waals surface area contributed by atoms with Crippen LogP contribution in [-0.2, 0) is 13.0 Å². The van der Waals surface area contributed by atoms with Crippen LogP contribution in [-0.4, -0.2) is 27.8 Å². The molecule has 0 bridgehead atoms. The van der Waals surface area contributed by atoms with Gasteiger partial charge in [-0.3, -0.25) is 19.0 Å². The van der Waals surface area contributed by atoms with Crippen molar-refractivity contribution in [3.63, 3.8) is 0 Å². The van der Waals surface area contributed by atoms with E-state index in [4.69, 9.17) is 11.6 Å². The SMILES string of the molecule is CCCN1C(=O)c2c(CC)c(C(=O)NCc3ccc(F)c(Cl)c3)cc(=O)n2C1C1CC1. The van der Waals surface area contributed by atoms with E-state index in [1.54, 1.807) is 9.47 Å². The molecule has 164 valence electrons. The molecule has 0 saturated heterocycles. The summed E-state index contributed by atoms with van der Waals surface area (Å²) in [6.07, 6.45) is 2.98. The Morgan fingerprint density at radius 1 is 1.23 bits per heavy atom. The minimum Gasteiger partial charge on any atom is -0.348 e. The zero-order chi connectivity index (χ0) is 22.3. The largest absolute Gasteiger partial charge is 0.348 e. The fraction of sp³-hybridized carbons (Fsp3) is 0.435. The van der Waals surface area contributed by atoms with Gasteiger partial charge >= 0.3 is 0 Å². The molecule has 2 aliphatic rings. The summed E-state index contributed by atoms with van der Waals surface area (Å²) in [4.78, 5) is 41.1. The molecular formula is C23H25ClFN3O3. The molecule has 0 radical (unpaired) electrons. The molecule has 31 heavy (non-hydrogen) atoms. The summed E-state index contributed by atoms with van der Waals surface area (Å²) in [7, 11) is 0. The van der Waals surface area contributed by atoms with Crippen LogP contribution in [0.25, 0.3) is 0 Å². The number of hydrogen-bond donors (Lipinski definition) is 1. The van der Waals surface area contributed by atoms with Crippen molar-refractivity contribution in [1.29, 1.82) is 0 Å². The van der Waals surface area contributed by atoms with Gasteiger partial charge in [-0.05, 0) is 54.9 Å². The van der Waals surface area contributed by atoms with E-state index in [9.17, 15) is 18.8 Å². The first-order valence-corrected chi connectivity index (χ1v) is 11.1. The number of halogens is 2. The number of aromatic nitrogens is 1. The van der Waals surface area contributed by atoms with Crippen LogP contribution >= 0.6 is 11.6 Å². The number of hydrogen-bond acceptors (Lipinski definition) is 3. The quantitative estimate of drug-likeness (QED) is 0.702. The molecule has 0 spiro atoms. The van der Waals surface area contributed by atoms with Crippen molar-refractivity contribution in [2.45, 2.75) is 52.2 Å². The lowest BCUT2D eigenvalue weighted by Gasteiger charge is -2.24. The van der Waals surface area contributed by atoms with E-state index in [0.717, 1.165) is 19.3 Å². The van der Waals surface area contributed by atoms with Crippen molar-refractivity contribution >= 4 is 23.4 Å². The zero-order valence-electron chi connectivity index (χ0n) is 17.6. The summed E-state index contributed by atoms with van der Waals surface area (Å²) in [5.74, 6) is -0.853. The molecule has 1 saturated carbocycles. The van der Waals surface area contributed by atoms with Crippen LogP contribution in [0.5, 0.6) is 0 Å². The Kier molecular flexibility index (Phi) is 5.88. The maximum atomic E-state index is 13.4. The minimum atomic E-state index is -0.531. The molecule has 2 amide bonds. The van der Waals surface area contributed by atoms with Crippen LogP contribution in [0.3, 0.4) is 0 Å². The molecule has 8 heteroatoms. The molecule has 1 unspecified atom stereocenters. The average Bonchev–Trinajstić information content (AvgIpc) is 3.54. The number of amides is 2. The molecule has 1 aliphatic carbocycles. The van der Waals surface area contributed by atoms with Gasteiger partial charge in [-0.25, -0.2) is 4.39 Å². The van der Waals surface area contributed by atoms with Crippen LogP contribution in [0.15, 0.2) is 29.1 Å². The molecule has 1 aliphatic heterocycles. The number of nitrogens with zero attached hydrogens (tertiary/aromatic N) is 2. The Balaban J connectivity index is 1.68. The summed E-state index contributed by atoms with van der Waals surface area (Å²) >= 11 is 5.80. The Hall–Kier alpha value is -2.67. The van der Waals surface area contributed by atoms with Gasteiger partial charge in [-0.1, -0.05) is 31.5 Å². The molecule has 1 N–H and O–H groups in total. The van der Waals surface area contributed by atoms with Gasteiger partial charge in [0.2, 0.25) is 0 Å². The van der Waals surface area contributed by atoms with Gasteiger partial charge in [0, 0.05) is 19.2 Å². The highest BCUT2D eigenvalue weighted by molar-refractivity contribution is 6.30. The van der Waals surface area contributed by atoms with E-state index in [1.807, 2.05) is 13.8 Å². The number of pyridine rings is 1. The van der Waals surface area contributed by atoms with Crippen LogP contribution in [0, 0.1) is 11.7 Å². The van der Waals surface area contributed by atoms with Gasteiger partial charge in [0.15, 0.2) is 0 Å². The lowest BCUT2D eigenvalue weighted by molar-refractivity contribution is 0.0666. The standard InChI is InChI=1S/C23H25ClFN3O3/c1-3-9-27-22(14-6-7-14)28-19(29)11-16(15(4-2)20(28)23(27)31)21(30)26-12-13-5-8-18(25)17(24)10-13/h5,8,10-11,14,22H,3-4,6-7,9,12H2,1-2H3,(H,26,30). The van der Waals surface area contributed by atoms with Gasteiger partial charge in [0.25, 0.3) is 17.4 Å². The monoisotopic (exact) mass is 445 g/mol. The minimum absolute atomic E-state index is 0.0236. The third-order valence-electron chi connectivity index (χ3n) is 5.95. The first-order chi connectivity index (χ1) is 14.9. The highest BCUT2D eigenvalue weighted by Gasteiger charge is 2.46. The van der Waals surface area contributed by atoms with Crippen LogP contribution in [0.1, 0.15) is 71.2 Å². The number of carbonyl (C=O) groups excluding carboxylic acids is 2. The van der Waals surface area contributed by atoms with Gasteiger partial charge in [-0.2, -0.15) is 0 Å². The maximum absolute atomic E-state index is 13.4. The van der Waals surface area contributed by atoms with Gasteiger partial charge in [-0.15, -0.1) is 0 Å². The molecule has 1 atom stereocenters. The molecule has 2 aromatic rings. The lowest BCUT2D eigenvalue weighted by atomic mass is 10.0. The second-order valence-electron chi connectivity index (χ2n) is 8.13. The van der Waals surface area contributed by atoms with E-state index in [2.05, 4.69) is 5.32 Å². The van der Waals surface area contributed by atoms with Crippen LogP contribution in [0.2, 0.25) is 5.02 Å². The summed E-state index contributed by atoms with van der Waals surface area (Å²) in [5.41, 5.74) is 1.45. The molecule has 6 nitrogen and oxygen atoms in total. The Morgan fingerprint density at radius 3 is 2.58 bits per heavy atom. The number of benzene rings is 1. The van der Waals surface area contributed by atoms with Crippen LogP contribution in [0.4, 0.5) is 4.39 Å². The first-order valence-electron chi connectivity index (χ1n) is 10.7. The second kappa shape index (κ2) is 8.46. The Bertz CT molecular complexity index is 1110. The Labute approximate surface area is 185 Å². The van der Waals surface area contributed by atoms with Gasteiger partial charge in [0.1, 0.15) is 17.7 Å². The number of fused-ring (bicyclic) bond motifs is 1. The second-order valence-corrected chi connectivity index (χ2v) is 8.53. The Morgan fingerprint density at radius 2 is 1.97 bits per heavy atom. The highest BCUT2D eigenvalue weighted by atomic mass is 35.5. The summed E-state index contributed by atoms with van der Waals surface area (Å²) < 4.78 is 15.0. The third-order valence-corrected chi connectivity index (χ3v) is 6.24. The van der Waals surface area contributed by atoms with Gasteiger partial charge in [0.05, 0.1) is 10.6 Å². The van der Waals surface area contributed by atoms with E-state index >= 15 is 0 Å². The fourth-order valence-corrected chi connectivity index (χ4v) is 4.58. The number of rotatable bonds is 7. The third kappa shape index (κ3) is 3.87. The predicted octanol–water partition coefficient (Wildman–Crippen LogP) is 3.91. The summed E-state index contributed by atoms with van der Waals surface area (Å²) in [6.45, 7) is 4.58. The number of nitrogens with one attached hydrogen (secondary N) is 1. The topological polar surface area (TPSA) is 71.4 Å². The number of carbonyl (C=O) groups is 2. The van der Waals surface area contributed by atoms with Gasteiger partial charge < -0.3 is 10.2 Å². The van der Waals surface area contributed by atoms with E-state index < -0.39 is 11.7 Å². The van der Waals surface area contributed by atoms with Crippen molar-refractivity contribution in [1.82, 2.24) is 14.8 Å². The smallest absolute Gasteiger partial charge is 0.272 e. The zero-order valence-corrected chi connectivity index (χ0v) is 18.3. The highest BCUT2D eigenvalue weighted by Crippen LogP contribution is 2.45. The fourth-order valence-electron chi connectivity index (χ4n) is 4.38. The first kappa shape index (κ1) is 21.6. The molecule has 4 rings (SSSR count). The van der Waals surface area contributed by atoms with E-state index in [0.29, 0.717) is 35.7 Å². The van der Waals surface area contributed by atoms with Crippen molar-refractivity contribution < 1.29 is 14.0 Å². The van der Waals surface area contributed by atoms with Crippen molar-refractivity contribution in [3.05, 3.63) is 67.8 Å². The molecule has 1 fully saturated rings.